The van der Waals surface area contributed by atoms with Crippen molar-refractivity contribution in [2.45, 2.75) is 70.9 Å². The van der Waals surface area contributed by atoms with Crippen LogP contribution >= 0.6 is 0 Å². The normalized spacial score (nSPS) is 27.7. The molecule has 2 amide bonds. The highest BCUT2D eigenvalue weighted by molar-refractivity contribution is 7.89. The van der Waals surface area contributed by atoms with Crippen LogP contribution in [0.3, 0.4) is 0 Å². The molecule has 2 rings (SSSR count). The maximum atomic E-state index is 12.2. The fourth-order valence-electron chi connectivity index (χ4n) is 3.96. The number of rotatable bonds is 5. The molecular formula is C16H31N3O3S. The topological polar surface area (TPSA) is 83.7 Å². The van der Waals surface area contributed by atoms with E-state index >= 15 is 0 Å². The van der Waals surface area contributed by atoms with Gasteiger partial charge in [0.05, 0.1) is 5.75 Å². The molecule has 23 heavy (non-hydrogen) atoms. The second kappa shape index (κ2) is 7.83. The molecule has 0 spiro atoms. The van der Waals surface area contributed by atoms with E-state index in [0.717, 1.165) is 31.6 Å². The summed E-state index contributed by atoms with van der Waals surface area (Å²) in [6.07, 6.45) is 6.32. The van der Waals surface area contributed by atoms with Crippen LogP contribution in [0.2, 0.25) is 0 Å². The first kappa shape index (κ1) is 18.5. The maximum Gasteiger partial charge on any atom is 0.315 e. The molecule has 134 valence electrons. The lowest BCUT2D eigenvalue weighted by Crippen LogP contribution is -2.55. The molecule has 0 unspecified atom stereocenters. The van der Waals surface area contributed by atoms with Crippen molar-refractivity contribution in [3.05, 3.63) is 0 Å². The molecule has 6 nitrogen and oxygen atoms in total. The van der Waals surface area contributed by atoms with Gasteiger partial charge in [-0.2, -0.15) is 0 Å². The molecule has 1 aliphatic heterocycles. The van der Waals surface area contributed by atoms with E-state index in [1.54, 1.807) is 4.31 Å². The number of nitrogens with zero attached hydrogens (tertiary/aromatic N) is 2. The molecule has 1 aliphatic carbocycles. The van der Waals surface area contributed by atoms with Gasteiger partial charge in [-0.15, -0.1) is 0 Å². The Balaban J connectivity index is 1.97. The van der Waals surface area contributed by atoms with E-state index in [2.05, 4.69) is 6.92 Å². The minimum absolute atomic E-state index is 0.0824. The molecule has 0 radical (unpaired) electrons. The van der Waals surface area contributed by atoms with Crippen LogP contribution < -0.4 is 5.73 Å². The van der Waals surface area contributed by atoms with Crippen LogP contribution in [-0.4, -0.2) is 54.6 Å². The molecular weight excluding hydrogens is 314 g/mol. The highest BCUT2D eigenvalue weighted by Crippen LogP contribution is 2.30. The van der Waals surface area contributed by atoms with Gasteiger partial charge < -0.3 is 10.6 Å². The predicted octanol–water partition coefficient (Wildman–Crippen LogP) is 2.15. The van der Waals surface area contributed by atoms with Gasteiger partial charge in [-0.1, -0.05) is 13.8 Å². The third-order valence-electron chi connectivity index (χ3n) is 5.31. The van der Waals surface area contributed by atoms with Gasteiger partial charge in [-0.25, -0.2) is 17.5 Å². The number of urea groups is 1. The Hall–Kier alpha value is -0.820. The fourth-order valence-corrected chi connectivity index (χ4v) is 5.51. The van der Waals surface area contributed by atoms with Gasteiger partial charge in [0.1, 0.15) is 0 Å². The Morgan fingerprint density at radius 3 is 2.09 bits per heavy atom. The fraction of sp³-hybridized carbons (Fsp3) is 0.938. The summed E-state index contributed by atoms with van der Waals surface area (Å²) >= 11 is 0. The molecule has 2 N–H and O–H groups in total. The van der Waals surface area contributed by atoms with Crippen molar-refractivity contribution in [3.63, 3.8) is 0 Å². The summed E-state index contributed by atoms with van der Waals surface area (Å²) in [5.74, 6) is 0.930. The standard InChI is InChI=1S/C16H31N3O3S/c1-3-12-23(21,22)18-10-8-15(9-11-18)19(16(17)20)14-6-4-13(2)5-7-14/h13-15H,3-12H2,1-2H3,(H2,17,20)/t13-,14-. The molecule has 0 bridgehead atoms. The number of hydrogen-bond acceptors (Lipinski definition) is 3. The SMILES string of the molecule is CCCS(=O)(=O)N1CCC(N(C(N)=O)[C@H]2CC[C@H](C)CC2)CC1. The Kier molecular flexibility index (Phi) is 6.31. The Labute approximate surface area is 140 Å². The summed E-state index contributed by atoms with van der Waals surface area (Å²) in [5.41, 5.74) is 5.66. The van der Waals surface area contributed by atoms with E-state index in [1.165, 1.54) is 0 Å². The lowest BCUT2D eigenvalue weighted by atomic mass is 9.85. The Morgan fingerprint density at radius 2 is 1.61 bits per heavy atom. The second-order valence-corrected chi connectivity index (χ2v) is 9.19. The Morgan fingerprint density at radius 1 is 1.09 bits per heavy atom. The quantitative estimate of drug-likeness (QED) is 0.828. The number of carbonyl (C=O) groups is 1. The van der Waals surface area contributed by atoms with Crippen LogP contribution in [-0.2, 0) is 10.0 Å². The van der Waals surface area contributed by atoms with Crippen molar-refractivity contribution in [2.75, 3.05) is 18.8 Å². The molecule has 0 aromatic heterocycles. The molecule has 1 saturated heterocycles. The number of carbonyl (C=O) groups excluding carboxylic acids is 1. The molecule has 7 heteroatoms. The zero-order valence-corrected chi connectivity index (χ0v) is 15.2. The van der Waals surface area contributed by atoms with Gasteiger partial charge in [0.15, 0.2) is 0 Å². The van der Waals surface area contributed by atoms with E-state index < -0.39 is 10.0 Å². The number of sulfonamides is 1. The van der Waals surface area contributed by atoms with E-state index in [9.17, 15) is 13.2 Å². The van der Waals surface area contributed by atoms with Crippen LogP contribution in [0.4, 0.5) is 4.79 Å². The van der Waals surface area contributed by atoms with Crippen molar-refractivity contribution < 1.29 is 13.2 Å². The van der Waals surface area contributed by atoms with Gasteiger partial charge in [0.25, 0.3) is 0 Å². The molecule has 2 aliphatic rings. The zero-order chi connectivity index (χ0) is 17.0. The van der Waals surface area contributed by atoms with Crippen molar-refractivity contribution in [3.8, 4) is 0 Å². The van der Waals surface area contributed by atoms with Gasteiger partial charge in [0.2, 0.25) is 10.0 Å². The molecule has 1 heterocycles. The first-order chi connectivity index (χ1) is 10.8. The number of nitrogens with two attached hydrogens (primary N) is 1. The van der Waals surface area contributed by atoms with E-state index in [4.69, 9.17) is 5.73 Å². The number of hydrogen-bond donors (Lipinski definition) is 1. The van der Waals surface area contributed by atoms with Crippen LogP contribution in [0.15, 0.2) is 0 Å². The van der Waals surface area contributed by atoms with Gasteiger partial charge in [-0.3, -0.25) is 0 Å². The second-order valence-electron chi connectivity index (χ2n) is 7.11. The number of primary amides is 1. The van der Waals surface area contributed by atoms with Gasteiger partial charge >= 0.3 is 6.03 Å². The third-order valence-corrected chi connectivity index (χ3v) is 7.38. The Bertz CT molecular complexity index is 493. The zero-order valence-electron chi connectivity index (χ0n) is 14.4. The van der Waals surface area contributed by atoms with Gasteiger partial charge in [0, 0.05) is 25.2 Å². The monoisotopic (exact) mass is 345 g/mol. The van der Waals surface area contributed by atoms with Crippen molar-refractivity contribution in [2.24, 2.45) is 11.7 Å². The minimum atomic E-state index is -3.14. The third kappa shape index (κ3) is 4.59. The minimum Gasteiger partial charge on any atom is -0.351 e. The predicted molar refractivity (Wildman–Crippen MR) is 91.5 cm³/mol. The lowest BCUT2D eigenvalue weighted by Gasteiger charge is -2.43. The van der Waals surface area contributed by atoms with Crippen LogP contribution in [0.1, 0.15) is 58.8 Å². The van der Waals surface area contributed by atoms with E-state index in [-0.39, 0.29) is 23.9 Å². The first-order valence-electron chi connectivity index (χ1n) is 8.90. The average Bonchev–Trinajstić information content (AvgIpc) is 2.50. The molecule has 2 fully saturated rings. The largest absolute Gasteiger partial charge is 0.351 e. The van der Waals surface area contributed by atoms with Gasteiger partial charge in [-0.05, 0) is 50.9 Å². The lowest BCUT2D eigenvalue weighted by molar-refractivity contribution is 0.0955. The molecule has 0 atom stereocenters. The summed E-state index contributed by atoms with van der Waals surface area (Å²) in [4.78, 5) is 13.8. The van der Waals surface area contributed by atoms with Crippen LogP contribution in [0.25, 0.3) is 0 Å². The van der Waals surface area contributed by atoms with Crippen LogP contribution in [0, 0.1) is 5.92 Å². The van der Waals surface area contributed by atoms with E-state index in [0.29, 0.717) is 32.4 Å². The maximum absolute atomic E-state index is 12.2. The van der Waals surface area contributed by atoms with Crippen molar-refractivity contribution in [1.29, 1.82) is 0 Å². The summed E-state index contributed by atoms with van der Waals surface area (Å²) in [7, 11) is -3.14. The highest BCUT2D eigenvalue weighted by Gasteiger charge is 2.35. The summed E-state index contributed by atoms with van der Waals surface area (Å²) in [6, 6.07) is -0.0362. The number of piperidine rings is 1. The molecule has 0 aromatic rings. The molecule has 0 aromatic carbocycles. The smallest absolute Gasteiger partial charge is 0.315 e. The highest BCUT2D eigenvalue weighted by atomic mass is 32.2. The van der Waals surface area contributed by atoms with Crippen LogP contribution in [0.5, 0.6) is 0 Å². The first-order valence-corrected chi connectivity index (χ1v) is 10.5. The number of amides is 2. The van der Waals surface area contributed by atoms with Crippen molar-refractivity contribution >= 4 is 16.1 Å². The average molecular weight is 346 g/mol. The molecule has 1 saturated carbocycles. The summed E-state index contributed by atoms with van der Waals surface area (Å²) in [6.45, 7) is 5.13. The van der Waals surface area contributed by atoms with E-state index in [1.807, 2.05) is 11.8 Å². The van der Waals surface area contributed by atoms with Crippen molar-refractivity contribution in [1.82, 2.24) is 9.21 Å². The summed E-state index contributed by atoms with van der Waals surface area (Å²) < 4.78 is 25.9. The summed E-state index contributed by atoms with van der Waals surface area (Å²) in [5, 5.41) is 0.